The highest BCUT2D eigenvalue weighted by molar-refractivity contribution is 9.10. The van der Waals surface area contributed by atoms with Crippen LogP contribution in [0.5, 0.6) is 11.5 Å². The summed E-state index contributed by atoms with van der Waals surface area (Å²) in [7, 11) is 0. The Morgan fingerprint density at radius 2 is 1.44 bits per heavy atom. The van der Waals surface area contributed by atoms with Crippen LogP contribution in [0.4, 0.5) is 0 Å². The molecule has 0 saturated heterocycles. The molecular formula is C35H42BrNO4. The molecule has 1 heterocycles. The highest BCUT2D eigenvalue weighted by Crippen LogP contribution is 2.55. The highest BCUT2D eigenvalue weighted by atomic mass is 79.9. The number of Topliss-reactive ketones (excluding diaryl/α,β-unsaturated/α-hetero) is 2. The SMILES string of the molecule is CCCOc1c(Br)cc(C2C3=C(CC(C)(C)CC3=O)N(Cc3ccccc3)C3=C2C(=O)CC(C)(C)C3)cc1OCC. The second-order valence-corrected chi connectivity index (χ2v) is 14.1. The molecule has 0 aromatic heterocycles. The summed E-state index contributed by atoms with van der Waals surface area (Å²) in [4.78, 5) is 30.6. The first kappa shape index (κ1) is 29.6. The lowest BCUT2D eigenvalue weighted by atomic mass is 9.63. The molecule has 218 valence electrons. The van der Waals surface area contributed by atoms with Crippen LogP contribution in [0.3, 0.4) is 0 Å². The minimum Gasteiger partial charge on any atom is -0.490 e. The second kappa shape index (κ2) is 11.4. The number of hydrogen-bond acceptors (Lipinski definition) is 5. The van der Waals surface area contributed by atoms with Gasteiger partial charge in [-0.05, 0) is 76.2 Å². The number of ether oxygens (including phenoxy) is 2. The van der Waals surface area contributed by atoms with Gasteiger partial charge < -0.3 is 14.4 Å². The zero-order valence-corrected chi connectivity index (χ0v) is 26.8. The Labute approximate surface area is 253 Å². The van der Waals surface area contributed by atoms with Crippen molar-refractivity contribution in [1.29, 1.82) is 0 Å². The quantitative estimate of drug-likeness (QED) is 0.296. The van der Waals surface area contributed by atoms with E-state index in [1.807, 2.05) is 37.3 Å². The van der Waals surface area contributed by atoms with E-state index in [0.717, 1.165) is 57.4 Å². The minimum atomic E-state index is -0.435. The summed E-state index contributed by atoms with van der Waals surface area (Å²) in [5, 5.41) is 0. The minimum absolute atomic E-state index is 0.129. The van der Waals surface area contributed by atoms with E-state index in [1.165, 1.54) is 0 Å². The van der Waals surface area contributed by atoms with E-state index in [9.17, 15) is 9.59 Å². The summed E-state index contributed by atoms with van der Waals surface area (Å²) in [5.41, 5.74) is 5.37. The molecule has 0 N–H and O–H groups in total. The van der Waals surface area contributed by atoms with Gasteiger partial charge in [-0.2, -0.15) is 0 Å². The Hall–Kier alpha value is -2.86. The number of allylic oxidation sites excluding steroid dienone is 4. The van der Waals surface area contributed by atoms with E-state index in [4.69, 9.17) is 9.47 Å². The van der Waals surface area contributed by atoms with Crippen molar-refractivity contribution >= 4 is 27.5 Å². The molecule has 0 atom stereocenters. The fourth-order valence-corrected chi connectivity index (χ4v) is 7.27. The lowest BCUT2D eigenvalue weighted by Crippen LogP contribution is -2.44. The number of benzene rings is 2. The van der Waals surface area contributed by atoms with Crippen molar-refractivity contribution < 1.29 is 19.1 Å². The summed E-state index contributed by atoms with van der Waals surface area (Å²) in [5.74, 6) is 1.12. The summed E-state index contributed by atoms with van der Waals surface area (Å²) >= 11 is 3.75. The van der Waals surface area contributed by atoms with Gasteiger partial charge in [-0.1, -0.05) is 65.0 Å². The number of rotatable bonds is 8. The van der Waals surface area contributed by atoms with Gasteiger partial charge in [0.25, 0.3) is 0 Å². The smallest absolute Gasteiger partial charge is 0.175 e. The van der Waals surface area contributed by atoms with E-state index >= 15 is 0 Å². The zero-order chi connectivity index (χ0) is 29.5. The predicted octanol–water partition coefficient (Wildman–Crippen LogP) is 8.52. The van der Waals surface area contributed by atoms with Crippen LogP contribution < -0.4 is 9.47 Å². The molecule has 0 fully saturated rings. The molecule has 2 aromatic carbocycles. The van der Waals surface area contributed by atoms with E-state index in [0.29, 0.717) is 44.1 Å². The molecule has 6 heteroatoms. The second-order valence-electron chi connectivity index (χ2n) is 13.2. The van der Waals surface area contributed by atoms with Gasteiger partial charge in [-0.25, -0.2) is 0 Å². The fraction of sp³-hybridized carbons (Fsp3) is 0.486. The Morgan fingerprint density at radius 3 is 1.98 bits per heavy atom. The molecule has 0 spiro atoms. The van der Waals surface area contributed by atoms with Crippen molar-refractivity contribution in [3.05, 3.63) is 80.6 Å². The standard InChI is InChI=1S/C35H42BrNO4/c1-7-14-41-33-24(36)15-23(16-29(33)40-8-2)30-31-25(17-34(3,4)19-27(31)38)37(21-22-12-10-9-11-13-22)26-18-35(5,6)20-28(39)32(26)30/h9-13,15-16,30H,7-8,14,17-21H2,1-6H3. The van der Waals surface area contributed by atoms with Crippen LogP contribution in [0, 0.1) is 10.8 Å². The number of carbonyl (C=O) groups excluding carboxylic acids is 2. The summed E-state index contributed by atoms with van der Waals surface area (Å²) < 4.78 is 12.9. The number of carbonyl (C=O) groups is 2. The molecule has 2 aromatic rings. The van der Waals surface area contributed by atoms with Gasteiger partial charge in [0.15, 0.2) is 23.1 Å². The highest BCUT2D eigenvalue weighted by Gasteiger charge is 2.49. The molecular weight excluding hydrogens is 578 g/mol. The van der Waals surface area contributed by atoms with Gasteiger partial charge in [-0.15, -0.1) is 0 Å². The maximum Gasteiger partial charge on any atom is 0.175 e. The molecule has 0 bridgehead atoms. The van der Waals surface area contributed by atoms with Gasteiger partial charge in [0.05, 0.1) is 17.7 Å². The van der Waals surface area contributed by atoms with E-state index in [2.05, 4.69) is 67.6 Å². The summed E-state index contributed by atoms with van der Waals surface area (Å²) in [6.07, 6.45) is 3.35. The predicted molar refractivity (Wildman–Crippen MR) is 166 cm³/mol. The number of nitrogens with zero attached hydrogens (tertiary/aromatic N) is 1. The van der Waals surface area contributed by atoms with Crippen molar-refractivity contribution in [2.24, 2.45) is 10.8 Å². The lowest BCUT2D eigenvalue weighted by Gasteiger charge is -2.49. The molecule has 5 nitrogen and oxygen atoms in total. The topological polar surface area (TPSA) is 55.8 Å². The van der Waals surface area contributed by atoms with Crippen molar-refractivity contribution in [3.8, 4) is 11.5 Å². The average molecular weight is 621 g/mol. The third-order valence-corrected chi connectivity index (χ3v) is 8.91. The Morgan fingerprint density at radius 1 is 0.854 bits per heavy atom. The molecule has 0 unspecified atom stereocenters. The molecule has 41 heavy (non-hydrogen) atoms. The van der Waals surface area contributed by atoms with Gasteiger partial charge in [0, 0.05) is 47.8 Å². The molecule has 0 saturated carbocycles. The summed E-state index contributed by atoms with van der Waals surface area (Å²) in [6, 6.07) is 14.4. The molecule has 3 aliphatic rings. The maximum atomic E-state index is 14.2. The molecule has 1 aliphatic heterocycles. The first-order chi connectivity index (χ1) is 19.4. The van der Waals surface area contributed by atoms with Gasteiger partial charge in [-0.3, -0.25) is 9.59 Å². The van der Waals surface area contributed by atoms with Crippen molar-refractivity contribution in [3.63, 3.8) is 0 Å². The average Bonchev–Trinajstić information content (AvgIpc) is 2.88. The van der Waals surface area contributed by atoms with Crippen LogP contribution in [-0.4, -0.2) is 29.7 Å². The molecule has 2 aliphatic carbocycles. The lowest BCUT2D eigenvalue weighted by molar-refractivity contribution is -0.119. The van der Waals surface area contributed by atoms with Crippen LogP contribution in [0.1, 0.15) is 90.7 Å². The monoisotopic (exact) mass is 619 g/mol. The first-order valence-electron chi connectivity index (χ1n) is 14.9. The first-order valence-corrected chi connectivity index (χ1v) is 15.7. The number of hydrogen-bond donors (Lipinski definition) is 0. The third-order valence-electron chi connectivity index (χ3n) is 8.32. The van der Waals surface area contributed by atoms with Crippen LogP contribution in [-0.2, 0) is 16.1 Å². The Bertz CT molecular complexity index is 1370. The van der Waals surface area contributed by atoms with Crippen molar-refractivity contribution in [2.75, 3.05) is 13.2 Å². The Balaban J connectivity index is 1.76. The number of ketones is 2. The zero-order valence-electron chi connectivity index (χ0n) is 25.2. The normalized spacial score (nSPS) is 20.2. The summed E-state index contributed by atoms with van der Waals surface area (Å²) in [6.45, 7) is 14.4. The number of halogens is 1. The van der Waals surface area contributed by atoms with Crippen molar-refractivity contribution in [1.82, 2.24) is 4.90 Å². The van der Waals surface area contributed by atoms with Crippen LogP contribution >= 0.6 is 15.9 Å². The Kier molecular flexibility index (Phi) is 8.26. The van der Waals surface area contributed by atoms with E-state index in [1.54, 1.807) is 0 Å². The largest absolute Gasteiger partial charge is 0.490 e. The van der Waals surface area contributed by atoms with Crippen molar-refractivity contribution in [2.45, 2.75) is 86.1 Å². The van der Waals surface area contributed by atoms with Gasteiger partial charge in [0.1, 0.15) is 0 Å². The van der Waals surface area contributed by atoms with Gasteiger partial charge >= 0.3 is 0 Å². The van der Waals surface area contributed by atoms with E-state index in [-0.39, 0.29) is 22.4 Å². The van der Waals surface area contributed by atoms with E-state index < -0.39 is 5.92 Å². The maximum absolute atomic E-state index is 14.2. The molecule has 0 amide bonds. The molecule has 5 rings (SSSR count). The van der Waals surface area contributed by atoms with Crippen LogP contribution in [0.15, 0.2) is 69.5 Å². The van der Waals surface area contributed by atoms with Crippen LogP contribution in [0.2, 0.25) is 0 Å². The fourth-order valence-electron chi connectivity index (χ4n) is 6.70. The van der Waals surface area contributed by atoms with Gasteiger partial charge in [0.2, 0.25) is 0 Å². The molecule has 0 radical (unpaired) electrons. The third kappa shape index (κ3) is 5.90. The van der Waals surface area contributed by atoms with Crippen LogP contribution in [0.25, 0.3) is 0 Å².